The molecule has 0 radical (unpaired) electrons. The lowest BCUT2D eigenvalue weighted by atomic mass is 10.2. The lowest BCUT2D eigenvalue weighted by Gasteiger charge is -2.23. The van der Waals surface area contributed by atoms with Crippen molar-refractivity contribution >= 4 is 16.5 Å². The zero-order chi connectivity index (χ0) is 12.3. The van der Waals surface area contributed by atoms with Crippen LogP contribution in [0.4, 0.5) is 5.13 Å². The number of thiazole rings is 1. The highest BCUT2D eigenvalue weighted by molar-refractivity contribution is 7.15. The lowest BCUT2D eigenvalue weighted by Crippen LogP contribution is -2.30. The van der Waals surface area contributed by atoms with Crippen molar-refractivity contribution < 1.29 is 0 Å². The Morgan fingerprint density at radius 2 is 2.35 bits per heavy atom. The monoisotopic (exact) mass is 253 g/mol. The van der Waals surface area contributed by atoms with Crippen LogP contribution < -0.4 is 10.2 Å². The van der Waals surface area contributed by atoms with Gasteiger partial charge in [0.05, 0.1) is 0 Å². The second-order valence-electron chi connectivity index (χ2n) is 4.97. The van der Waals surface area contributed by atoms with Crippen molar-refractivity contribution in [2.75, 3.05) is 18.5 Å². The summed E-state index contributed by atoms with van der Waals surface area (Å²) in [7, 11) is 2.17. The third-order valence-corrected chi connectivity index (χ3v) is 4.57. The largest absolute Gasteiger partial charge is 0.348 e. The van der Waals surface area contributed by atoms with E-state index in [0.717, 1.165) is 24.1 Å². The normalized spacial score (nSPS) is 17.1. The molecule has 3 nitrogen and oxygen atoms in total. The molecule has 0 aliphatic heterocycles. The molecular weight excluding hydrogens is 230 g/mol. The quantitative estimate of drug-likeness (QED) is 0.757. The third-order valence-electron chi connectivity index (χ3n) is 3.48. The third kappa shape index (κ3) is 3.42. The Balaban J connectivity index is 1.87. The SMILES string of the molecule is CCCNCc1cnc(N(C)C(C)C2CC2)s1. The lowest BCUT2D eigenvalue weighted by molar-refractivity contribution is 0.608. The van der Waals surface area contributed by atoms with Crippen molar-refractivity contribution in [3.05, 3.63) is 11.1 Å². The Morgan fingerprint density at radius 1 is 1.59 bits per heavy atom. The van der Waals surface area contributed by atoms with Gasteiger partial charge in [0.2, 0.25) is 0 Å². The summed E-state index contributed by atoms with van der Waals surface area (Å²) in [5.74, 6) is 0.894. The van der Waals surface area contributed by atoms with Gasteiger partial charge in [0, 0.05) is 30.7 Å². The van der Waals surface area contributed by atoms with Gasteiger partial charge in [-0.15, -0.1) is 11.3 Å². The van der Waals surface area contributed by atoms with Crippen molar-refractivity contribution in [2.24, 2.45) is 5.92 Å². The standard InChI is InChI=1S/C13H23N3S/c1-4-7-14-8-12-9-15-13(17-12)16(3)10(2)11-5-6-11/h9-11,14H,4-8H2,1-3H3. The van der Waals surface area contributed by atoms with Gasteiger partial charge in [-0.25, -0.2) is 4.98 Å². The van der Waals surface area contributed by atoms with Crippen molar-refractivity contribution in [2.45, 2.75) is 45.7 Å². The van der Waals surface area contributed by atoms with Crippen LogP contribution >= 0.6 is 11.3 Å². The smallest absolute Gasteiger partial charge is 0.185 e. The Hall–Kier alpha value is -0.610. The Bertz CT molecular complexity index is 346. The maximum absolute atomic E-state index is 4.53. The molecule has 96 valence electrons. The average molecular weight is 253 g/mol. The van der Waals surface area contributed by atoms with Gasteiger partial charge < -0.3 is 10.2 Å². The van der Waals surface area contributed by atoms with E-state index in [-0.39, 0.29) is 0 Å². The molecule has 1 aromatic rings. The Kier molecular flexibility index (Phi) is 4.40. The molecule has 1 aromatic heterocycles. The van der Waals surface area contributed by atoms with E-state index >= 15 is 0 Å². The van der Waals surface area contributed by atoms with E-state index in [1.165, 1.54) is 24.1 Å². The summed E-state index contributed by atoms with van der Waals surface area (Å²) in [6.07, 6.45) is 5.98. The fraction of sp³-hybridized carbons (Fsp3) is 0.769. The van der Waals surface area contributed by atoms with E-state index in [1.54, 1.807) is 0 Å². The molecule has 1 aliphatic rings. The van der Waals surface area contributed by atoms with Gasteiger partial charge in [0.15, 0.2) is 5.13 Å². The number of nitrogens with zero attached hydrogens (tertiary/aromatic N) is 2. The van der Waals surface area contributed by atoms with E-state index < -0.39 is 0 Å². The van der Waals surface area contributed by atoms with Crippen LogP contribution in [0.3, 0.4) is 0 Å². The molecule has 0 saturated heterocycles. The van der Waals surface area contributed by atoms with E-state index in [2.05, 4.69) is 36.1 Å². The molecule has 4 heteroatoms. The maximum atomic E-state index is 4.53. The van der Waals surface area contributed by atoms with Crippen molar-refractivity contribution in [1.29, 1.82) is 0 Å². The van der Waals surface area contributed by atoms with E-state index in [1.807, 2.05) is 17.5 Å². The van der Waals surface area contributed by atoms with Gasteiger partial charge in [-0.3, -0.25) is 0 Å². The van der Waals surface area contributed by atoms with Crippen molar-refractivity contribution in [1.82, 2.24) is 10.3 Å². The van der Waals surface area contributed by atoms with Gasteiger partial charge in [0.1, 0.15) is 0 Å². The fourth-order valence-corrected chi connectivity index (χ4v) is 2.93. The van der Waals surface area contributed by atoms with Crippen LogP contribution in [0.25, 0.3) is 0 Å². The van der Waals surface area contributed by atoms with Crippen LogP contribution in [0.15, 0.2) is 6.20 Å². The minimum absolute atomic E-state index is 0.637. The predicted molar refractivity (Wildman–Crippen MR) is 74.7 cm³/mol. The Morgan fingerprint density at radius 3 is 3.00 bits per heavy atom. The molecule has 1 fully saturated rings. The molecule has 1 heterocycles. The minimum atomic E-state index is 0.637. The van der Waals surface area contributed by atoms with Crippen LogP contribution in [0.1, 0.15) is 38.0 Å². The molecule has 17 heavy (non-hydrogen) atoms. The summed E-state index contributed by atoms with van der Waals surface area (Å²) in [4.78, 5) is 8.21. The summed E-state index contributed by atoms with van der Waals surface area (Å²) in [6.45, 7) is 6.54. The van der Waals surface area contributed by atoms with Crippen molar-refractivity contribution in [3.8, 4) is 0 Å². The van der Waals surface area contributed by atoms with Crippen LogP contribution in [0.5, 0.6) is 0 Å². The molecule has 1 unspecified atom stereocenters. The van der Waals surface area contributed by atoms with Gasteiger partial charge in [-0.1, -0.05) is 6.92 Å². The number of aromatic nitrogens is 1. The number of hydrogen-bond acceptors (Lipinski definition) is 4. The second kappa shape index (κ2) is 5.83. The topological polar surface area (TPSA) is 28.2 Å². The van der Waals surface area contributed by atoms with Gasteiger partial charge in [-0.2, -0.15) is 0 Å². The molecule has 1 saturated carbocycles. The number of rotatable bonds is 7. The molecule has 1 atom stereocenters. The summed E-state index contributed by atoms with van der Waals surface area (Å²) < 4.78 is 0. The molecule has 0 amide bonds. The molecule has 0 spiro atoms. The highest BCUT2D eigenvalue weighted by Gasteiger charge is 2.31. The number of nitrogens with one attached hydrogen (secondary N) is 1. The maximum Gasteiger partial charge on any atom is 0.185 e. The molecule has 1 aliphatic carbocycles. The molecule has 1 N–H and O–H groups in total. The zero-order valence-corrected chi connectivity index (χ0v) is 11.9. The van der Waals surface area contributed by atoms with Crippen LogP contribution in [0, 0.1) is 5.92 Å². The van der Waals surface area contributed by atoms with Crippen LogP contribution in [-0.2, 0) is 6.54 Å². The first-order valence-corrected chi connectivity index (χ1v) is 7.42. The Labute approximate surface area is 108 Å². The summed E-state index contributed by atoms with van der Waals surface area (Å²) in [6, 6.07) is 0.637. The van der Waals surface area contributed by atoms with E-state index in [9.17, 15) is 0 Å². The molecule has 2 rings (SSSR count). The van der Waals surface area contributed by atoms with Gasteiger partial charge in [-0.05, 0) is 38.6 Å². The zero-order valence-electron chi connectivity index (χ0n) is 11.1. The van der Waals surface area contributed by atoms with Crippen molar-refractivity contribution in [3.63, 3.8) is 0 Å². The first kappa shape index (κ1) is 12.8. The first-order chi connectivity index (χ1) is 8.22. The van der Waals surface area contributed by atoms with Crippen LogP contribution in [-0.4, -0.2) is 24.6 Å². The second-order valence-corrected chi connectivity index (χ2v) is 6.07. The van der Waals surface area contributed by atoms with Gasteiger partial charge >= 0.3 is 0 Å². The summed E-state index contributed by atoms with van der Waals surface area (Å²) in [5, 5.41) is 4.58. The predicted octanol–water partition coefficient (Wildman–Crippen LogP) is 2.88. The minimum Gasteiger partial charge on any atom is -0.348 e. The molecule has 0 aromatic carbocycles. The highest BCUT2D eigenvalue weighted by atomic mass is 32.1. The average Bonchev–Trinajstić information content (AvgIpc) is 3.08. The number of anilines is 1. The van der Waals surface area contributed by atoms with E-state index in [0.29, 0.717) is 6.04 Å². The highest BCUT2D eigenvalue weighted by Crippen LogP contribution is 2.37. The summed E-state index contributed by atoms with van der Waals surface area (Å²) >= 11 is 1.82. The summed E-state index contributed by atoms with van der Waals surface area (Å²) in [5.41, 5.74) is 0. The fourth-order valence-electron chi connectivity index (χ4n) is 2.00. The number of hydrogen-bond donors (Lipinski definition) is 1. The first-order valence-electron chi connectivity index (χ1n) is 6.60. The molecule has 0 bridgehead atoms. The van der Waals surface area contributed by atoms with E-state index in [4.69, 9.17) is 0 Å². The van der Waals surface area contributed by atoms with Gasteiger partial charge in [0.25, 0.3) is 0 Å². The molecular formula is C13H23N3S. The van der Waals surface area contributed by atoms with Crippen LogP contribution in [0.2, 0.25) is 0 Å².